The van der Waals surface area contributed by atoms with Crippen LogP contribution in [0, 0.1) is 6.92 Å². The highest BCUT2D eigenvalue weighted by Gasteiger charge is 2.12. The molecule has 7 nitrogen and oxygen atoms in total. The zero-order valence-electron chi connectivity index (χ0n) is 10.4. The topological polar surface area (TPSA) is 99.6 Å². The number of hydrogen-bond donors (Lipinski definition) is 2. The van der Waals surface area contributed by atoms with Crippen LogP contribution in [0.3, 0.4) is 0 Å². The van der Waals surface area contributed by atoms with Crippen molar-refractivity contribution in [2.75, 3.05) is 7.05 Å². The van der Waals surface area contributed by atoms with Crippen molar-refractivity contribution in [3.8, 4) is 0 Å². The second kappa shape index (κ2) is 6.64. The van der Waals surface area contributed by atoms with E-state index in [4.69, 9.17) is 5.11 Å². The van der Waals surface area contributed by atoms with Crippen LogP contribution in [-0.4, -0.2) is 39.9 Å². The van der Waals surface area contributed by atoms with Crippen LogP contribution in [0.25, 0.3) is 0 Å². The highest BCUT2D eigenvalue weighted by molar-refractivity contribution is 7.09. The lowest BCUT2D eigenvalue weighted by Gasteiger charge is -2.15. The fourth-order valence-corrected chi connectivity index (χ4v) is 1.79. The van der Waals surface area contributed by atoms with Crippen molar-refractivity contribution in [2.45, 2.75) is 13.5 Å². The maximum atomic E-state index is 11.6. The Hall–Kier alpha value is -2.22. The van der Waals surface area contributed by atoms with E-state index < -0.39 is 17.9 Å². The molecule has 0 aliphatic rings. The maximum Gasteiger partial charge on any atom is 0.328 e. The van der Waals surface area contributed by atoms with Crippen molar-refractivity contribution in [1.29, 1.82) is 0 Å². The molecule has 2 N–H and O–H groups in total. The third-order valence-corrected chi connectivity index (χ3v) is 2.84. The van der Waals surface area contributed by atoms with E-state index in [-0.39, 0.29) is 6.54 Å². The minimum atomic E-state index is -1.26. The van der Waals surface area contributed by atoms with Crippen LogP contribution >= 0.6 is 11.3 Å². The van der Waals surface area contributed by atoms with E-state index in [0.29, 0.717) is 6.08 Å². The second-order valence-electron chi connectivity index (χ2n) is 3.68. The molecule has 0 aromatic carbocycles. The van der Waals surface area contributed by atoms with Crippen LogP contribution in [0.15, 0.2) is 17.5 Å². The fourth-order valence-electron chi connectivity index (χ4n) is 1.19. The Morgan fingerprint density at radius 2 is 2.16 bits per heavy atom. The van der Waals surface area contributed by atoms with Crippen LogP contribution in [-0.2, 0) is 16.1 Å². The summed E-state index contributed by atoms with van der Waals surface area (Å²) < 4.78 is 0. The molecular weight excluding hydrogens is 270 g/mol. The smallest absolute Gasteiger partial charge is 0.328 e. The first-order valence-electron chi connectivity index (χ1n) is 5.26. The zero-order valence-corrected chi connectivity index (χ0v) is 11.2. The number of carboxylic acids is 1. The van der Waals surface area contributed by atoms with Gasteiger partial charge in [0.05, 0.1) is 17.2 Å². The van der Waals surface area contributed by atoms with Crippen molar-refractivity contribution in [3.63, 3.8) is 0 Å². The summed E-state index contributed by atoms with van der Waals surface area (Å²) in [6.45, 7) is 2.13. The normalized spacial score (nSPS) is 10.4. The Morgan fingerprint density at radius 3 is 2.68 bits per heavy atom. The predicted molar refractivity (Wildman–Crippen MR) is 68.6 cm³/mol. The van der Waals surface area contributed by atoms with E-state index in [2.05, 4.69) is 4.98 Å². The first-order chi connectivity index (χ1) is 8.88. The standard InChI is InChI=1S/C11H13N3O4S/c1-7-12-8(6-19-7)5-14(2)11(18)13-9(15)3-4-10(16)17/h3-4,6H,5H2,1-2H3,(H,16,17)(H,13,15,18). The number of aromatic nitrogens is 1. The molecule has 1 rings (SSSR count). The van der Waals surface area contributed by atoms with Crippen LogP contribution in [0.2, 0.25) is 0 Å². The SMILES string of the molecule is Cc1nc(CN(C)C(=O)NC(=O)C=CC(=O)O)cs1. The summed E-state index contributed by atoms with van der Waals surface area (Å²) in [5.74, 6) is -2.04. The van der Waals surface area contributed by atoms with E-state index in [9.17, 15) is 14.4 Å². The molecular formula is C11H13N3O4S. The van der Waals surface area contributed by atoms with Gasteiger partial charge in [-0.15, -0.1) is 11.3 Å². The largest absolute Gasteiger partial charge is 0.478 e. The molecule has 0 radical (unpaired) electrons. The summed E-state index contributed by atoms with van der Waals surface area (Å²) in [7, 11) is 1.51. The Bertz CT molecular complexity index is 524. The van der Waals surface area contributed by atoms with E-state index in [1.165, 1.54) is 23.3 Å². The fraction of sp³-hybridized carbons (Fsp3) is 0.273. The van der Waals surface area contributed by atoms with Gasteiger partial charge in [0.2, 0.25) is 0 Å². The van der Waals surface area contributed by atoms with Gasteiger partial charge in [0.15, 0.2) is 0 Å². The number of carbonyl (C=O) groups is 3. The van der Waals surface area contributed by atoms with Gasteiger partial charge in [0.25, 0.3) is 5.91 Å². The molecule has 0 aliphatic heterocycles. The number of carbonyl (C=O) groups excluding carboxylic acids is 2. The minimum absolute atomic E-state index is 0.270. The summed E-state index contributed by atoms with van der Waals surface area (Å²) in [5, 5.41) is 13.1. The van der Waals surface area contributed by atoms with Gasteiger partial charge in [0, 0.05) is 24.6 Å². The van der Waals surface area contributed by atoms with E-state index >= 15 is 0 Å². The molecule has 0 aliphatic carbocycles. The highest BCUT2D eigenvalue weighted by atomic mass is 32.1. The van der Waals surface area contributed by atoms with Gasteiger partial charge < -0.3 is 10.0 Å². The van der Waals surface area contributed by atoms with Crippen molar-refractivity contribution in [1.82, 2.24) is 15.2 Å². The number of aryl methyl sites for hydroxylation is 1. The molecule has 1 aromatic rings. The lowest BCUT2D eigenvalue weighted by Crippen LogP contribution is -2.39. The van der Waals surface area contributed by atoms with Crippen molar-refractivity contribution in [3.05, 3.63) is 28.2 Å². The number of carboxylic acid groups (broad SMARTS) is 1. The molecule has 0 saturated carbocycles. The van der Waals surface area contributed by atoms with Crippen molar-refractivity contribution in [2.24, 2.45) is 0 Å². The molecule has 0 spiro atoms. The van der Waals surface area contributed by atoms with Crippen LogP contribution < -0.4 is 5.32 Å². The first kappa shape index (κ1) is 14.8. The predicted octanol–water partition coefficient (Wildman–Crippen LogP) is 0.760. The summed E-state index contributed by atoms with van der Waals surface area (Å²) >= 11 is 1.47. The molecule has 3 amide bonds. The molecule has 0 bridgehead atoms. The number of nitrogens with zero attached hydrogens (tertiary/aromatic N) is 2. The Balaban J connectivity index is 2.49. The molecule has 102 valence electrons. The summed E-state index contributed by atoms with van der Waals surface area (Å²) in [5.41, 5.74) is 0.730. The number of amides is 3. The summed E-state index contributed by atoms with van der Waals surface area (Å²) in [4.78, 5) is 38.5. The number of nitrogens with one attached hydrogen (secondary N) is 1. The van der Waals surface area contributed by atoms with Crippen LogP contribution in [0.4, 0.5) is 4.79 Å². The third-order valence-electron chi connectivity index (χ3n) is 2.02. The molecule has 19 heavy (non-hydrogen) atoms. The van der Waals surface area contributed by atoms with E-state index in [0.717, 1.165) is 16.8 Å². The molecule has 0 atom stereocenters. The number of urea groups is 1. The Kier molecular flexibility index (Phi) is 5.19. The molecule has 8 heteroatoms. The Labute approximate surface area is 113 Å². The number of thiazole rings is 1. The lowest BCUT2D eigenvalue weighted by atomic mass is 10.4. The number of hydrogen-bond acceptors (Lipinski definition) is 5. The quantitative estimate of drug-likeness (QED) is 0.795. The molecule has 0 saturated heterocycles. The van der Waals surface area contributed by atoms with Gasteiger partial charge in [-0.1, -0.05) is 0 Å². The average molecular weight is 283 g/mol. The summed E-state index contributed by atoms with van der Waals surface area (Å²) in [6.07, 6.45) is 1.44. The zero-order chi connectivity index (χ0) is 14.4. The highest BCUT2D eigenvalue weighted by Crippen LogP contribution is 2.09. The van der Waals surface area contributed by atoms with Crippen molar-refractivity contribution >= 4 is 29.2 Å². The van der Waals surface area contributed by atoms with Crippen LogP contribution in [0.1, 0.15) is 10.7 Å². The van der Waals surface area contributed by atoms with E-state index in [1.54, 1.807) is 0 Å². The summed E-state index contributed by atoms with van der Waals surface area (Å²) in [6, 6.07) is -0.620. The van der Waals surface area contributed by atoms with Gasteiger partial charge in [-0.2, -0.15) is 0 Å². The van der Waals surface area contributed by atoms with Gasteiger partial charge in [-0.05, 0) is 6.92 Å². The number of imide groups is 1. The average Bonchev–Trinajstić information content (AvgIpc) is 2.72. The van der Waals surface area contributed by atoms with Gasteiger partial charge in [-0.25, -0.2) is 14.6 Å². The molecule has 1 aromatic heterocycles. The molecule has 1 heterocycles. The monoisotopic (exact) mass is 283 g/mol. The van der Waals surface area contributed by atoms with Gasteiger partial charge in [0.1, 0.15) is 0 Å². The van der Waals surface area contributed by atoms with Gasteiger partial charge in [-0.3, -0.25) is 10.1 Å². The first-order valence-corrected chi connectivity index (χ1v) is 6.14. The van der Waals surface area contributed by atoms with Gasteiger partial charge >= 0.3 is 12.0 Å². The van der Waals surface area contributed by atoms with Crippen LogP contribution in [0.5, 0.6) is 0 Å². The molecule has 0 fully saturated rings. The number of rotatable bonds is 4. The number of aliphatic carboxylic acids is 1. The second-order valence-corrected chi connectivity index (χ2v) is 4.74. The van der Waals surface area contributed by atoms with E-state index in [1.807, 2.05) is 17.6 Å². The molecule has 0 unspecified atom stereocenters. The van der Waals surface area contributed by atoms with Crippen molar-refractivity contribution < 1.29 is 19.5 Å². The lowest BCUT2D eigenvalue weighted by molar-refractivity contribution is -0.131. The minimum Gasteiger partial charge on any atom is -0.478 e. The maximum absolute atomic E-state index is 11.6. The Morgan fingerprint density at radius 1 is 1.47 bits per heavy atom. The third kappa shape index (κ3) is 5.30.